The van der Waals surface area contributed by atoms with Crippen LogP contribution in [0.5, 0.6) is 0 Å². The maximum atomic E-state index is 14.2. The van der Waals surface area contributed by atoms with E-state index in [1.807, 2.05) is 0 Å². The minimum atomic E-state index is -7.21. The Hall–Kier alpha value is -1.17. The molecule has 2 unspecified atom stereocenters. The largest absolute Gasteiger partial charge is 0.460 e. The molecular weight excluding hydrogens is 515 g/mol. The number of alkyl halides is 10. The van der Waals surface area contributed by atoms with Crippen LogP contribution in [0.3, 0.4) is 0 Å². The zero-order valence-electron chi connectivity index (χ0n) is 14.5. The maximum absolute atomic E-state index is 14.2. The molecule has 0 saturated carbocycles. The molecule has 0 saturated heterocycles. The predicted octanol–water partition coefficient (Wildman–Crippen LogP) is 5.91. The van der Waals surface area contributed by atoms with Gasteiger partial charge < -0.3 is 0 Å². The molecular formula is C13H9F13O3S2. The van der Waals surface area contributed by atoms with Crippen molar-refractivity contribution in [2.45, 2.75) is 48.2 Å². The van der Waals surface area contributed by atoms with Gasteiger partial charge in [-0.3, -0.25) is 4.55 Å². The van der Waals surface area contributed by atoms with Crippen molar-refractivity contribution in [2.75, 3.05) is 5.75 Å². The van der Waals surface area contributed by atoms with Gasteiger partial charge in [0.25, 0.3) is 10.1 Å². The van der Waals surface area contributed by atoms with E-state index in [9.17, 15) is 65.5 Å². The Bertz CT molecular complexity index is 891. The molecule has 1 aliphatic carbocycles. The fraction of sp³-hybridized carbons (Fsp3) is 0.692. The summed E-state index contributed by atoms with van der Waals surface area (Å²) < 4.78 is 198. The molecule has 31 heavy (non-hydrogen) atoms. The zero-order chi connectivity index (χ0) is 25.0. The smallest absolute Gasteiger partial charge is 0.282 e. The number of rotatable bonds is 7. The Morgan fingerprint density at radius 3 is 1.81 bits per heavy atom. The Labute approximate surface area is 169 Å². The lowest BCUT2D eigenvalue weighted by Gasteiger charge is -2.36. The molecule has 0 aliphatic heterocycles. The first-order valence-corrected chi connectivity index (χ1v) is 9.81. The highest BCUT2D eigenvalue weighted by Crippen LogP contribution is 2.55. The van der Waals surface area contributed by atoms with Crippen molar-refractivity contribution in [3.63, 3.8) is 0 Å². The summed E-state index contributed by atoms with van der Waals surface area (Å²) in [7, 11) is -5.86. The van der Waals surface area contributed by atoms with Gasteiger partial charge >= 0.3 is 23.9 Å². The van der Waals surface area contributed by atoms with Crippen LogP contribution < -0.4 is 0 Å². The molecule has 0 aromatic carbocycles. The summed E-state index contributed by atoms with van der Waals surface area (Å²) >= 11 is -0.641. The van der Waals surface area contributed by atoms with E-state index < -0.39 is 91.3 Å². The van der Waals surface area contributed by atoms with Crippen molar-refractivity contribution in [3.8, 4) is 0 Å². The van der Waals surface area contributed by atoms with Crippen LogP contribution >= 0.6 is 11.8 Å². The minimum Gasteiger partial charge on any atom is -0.282 e. The third-order valence-corrected chi connectivity index (χ3v) is 6.32. The maximum Gasteiger partial charge on any atom is 0.460 e. The molecule has 0 radical (unpaired) electrons. The topological polar surface area (TPSA) is 54.4 Å². The minimum absolute atomic E-state index is 0.234. The van der Waals surface area contributed by atoms with Crippen LogP contribution in [0.15, 0.2) is 22.4 Å². The predicted molar refractivity (Wildman–Crippen MR) is 80.2 cm³/mol. The van der Waals surface area contributed by atoms with Crippen molar-refractivity contribution in [1.29, 1.82) is 0 Å². The van der Waals surface area contributed by atoms with Crippen molar-refractivity contribution in [1.82, 2.24) is 0 Å². The molecule has 0 aromatic heterocycles. The number of hydrogen-bond acceptors (Lipinski definition) is 3. The van der Waals surface area contributed by atoms with E-state index in [-0.39, 0.29) is 6.92 Å². The second-order valence-corrected chi connectivity index (χ2v) is 9.10. The quantitative estimate of drug-likeness (QED) is 0.333. The Morgan fingerprint density at radius 1 is 0.968 bits per heavy atom. The van der Waals surface area contributed by atoms with Crippen molar-refractivity contribution in [3.05, 3.63) is 22.4 Å². The van der Waals surface area contributed by atoms with Gasteiger partial charge in [0.2, 0.25) is 0 Å². The highest BCUT2D eigenvalue weighted by atomic mass is 32.2. The lowest BCUT2D eigenvalue weighted by Crippen LogP contribution is -2.61. The van der Waals surface area contributed by atoms with E-state index in [0.717, 1.165) is 0 Å². The molecule has 1 N–H and O–H groups in total. The van der Waals surface area contributed by atoms with Crippen LogP contribution in [0.1, 0.15) is 13.3 Å². The molecule has 0 heterocycles. The molecule has 0 amide bonds. The van der Waals surface area contributed by atoms with E-state index in [0.29, 0.717) is 0 Å². The molecule has 1 aliphatic rings. The summed E-state index contributed by atoms with van der Waals surface area (Å²) in [5.41, 5.74) is 0. The van der Waals surface area contributed by atoms with E-state index in [2.05, 4.69) is 0 Å². The van der Waals surface area contributed by atoms with Gasteiger partial charge in [-0.15, -0.1) is 11.8 Å². The Kier molecular flexibility index (Phi) is 7.19. The van der Waals surface area contributed by atoms with Crippen LogP contribution in [0.2, 0.25) is 0 Å². The van der Waals surface area contributed by atoms with Gasteiger partial charge in [0.1, 0.15) is 4.75 Å². The number of thioether (sulfide) groups is 1. The standard InChI is InChI=1S/C13H9F13O3S2/c1-9(7(16)4(14)6(31(27,28)29)5(15)8(9)17)30-3-2-10(18,19)11(20,21)12(22,23)13(24,25)26/h7H,2-3H2,1H3,(H,27,28,29). The summed E-state index contributed by atoms with van der Waals surface area (Å²) in [6.45, 7) is 0.234. The van der Waals surface area contributed by atoms with Crippen LogP contribution in [0.4, 0.5) is 57.1 Å². The average Bonchev–Trinajstić information content (AvgIpc) is 2.56. The Balaban J connectivity index is 3.18. The van der Waals surface area contributed by atoms with E-state index in [1.54, 1.807) is 0 Å². The normalized spacial score (nSPS) is 24.8. The molecule has 18 heteroatoms. The van der Waals surface area contributed by atoms with Crippen molar-refractivity contribution in [2.24, 2.45) is 0 Å². The van der Waals surface area contributed by atoms with E-state index >= 15 is 0 Å². The summed E-state index contributed by atoms with van der Waals surface area (Å²) in [5.74, 6) is -29.9. The summed E-state index contributed by atoms with van der Waals surface area (Å²) in [6.07, 6.45) is -13.2. The van der Waals surface area contributed by atoms with Gasteiger partial charge in [0.15, 0.2) is 28.6 Å². The SMILES string of the molecule is CC1(SCCC(F)(F)C(F)(F)C(F)(F)C(F)(F)F)C(F)=C(F)C(S(=O)(=O)O)=C(F)C1F. The van der Waals surface area contributed by atoms with Gasteiger partial charge in [-0.25, -0.2) is 17.6 Å². The summed E-state index contributed by atoms with van der Waals surface area (Å²) in [4.78, 5) is -2.46. The molecule has 1 rings (SSSR count). The second-order valence-electron chi connectivity index (χ2n) is 6.20. The van der Waals surface area contributed by atoms with Crippen molar-refractivity contribution < 1.29 is 70.0 Å². The van der Waals surface area contributed by atoms with Crippen LogP contribution in [-0.2, 0) is 10.1 Å². The first-order valence-electron chi connectivity index (χ1n) is 7.38. The lowest BCUT2D eigenvalue weighted by molar-refractivity contribution is -0.396. The monoisotopic (exact) mass is 524 g/mol. The molecule has 0 fully saturated rings. The number of allylic oxidation sites excluding steroid dienone is 2. The van der Waals surface area contributed by atoms with E-state index in [1.165, 1.54) is 0 Å². The first-order chi connectivity index (χ1) is 13.5. The Morgan fingerprint density at radius 2 is 1.42 bits per heavy atom. The third kappa shape index (κ3) is 4.51. The molecule has 0 spiro atoms. The highest BCUT2D eigenvalue weighted by molar-refractivity contribution is 8.00. The van der Waals surface area contributed by atoms with Gasteiger partial charge in [0, 0.05) is 12.2 Å². The average molecular weight is 524 g/mol. The third-order valence-electron chi connectivity index (χ3n) is 4.04. The van der Waals surface area contributed by atoms with Gasteiger partial charge in [-0.05, 0) is 6.92 Å². The molecule has 3 nitrogen and oxygen atoms in total. The molecule has 182 valence electrons. The van der Waals surface area contributed by atoms with Gasteiger partial charge in [-0.1, -0.05) is 0 Å². The van der Waals surface area contributed by atoms with Gasteiger partial charge in [-0.2, -0.15) is 47.9 Å². The fourth-order valence-electron chi connectivity index (χ4n) is 2.22. The number of halogens is 13. The van der Waals surface area contributed by atoms with Crippen LogP contribution in [-0.4, -0.2) is 53.6 Å². The summed E-state index contributed by atoms with van der Waals surface area (Å²) in [5, 5.41) is 0. The molecule has 0 aromatic rings. The lowest BCUT2D eigenvalue weighted by atomic mass is 9.96. The number of hydrogen-bond donors (Lipinski definition) is 1. The second kappa shape index (κ2) is 8.00. The van der Waals surface area contributed by atoms with E-state index in [4.69, 9.17) is 4.55 Å². The fourth-order valence-corrected chi connectivity index (χ4v) is 4.13. The zero-order valence-corrected chi connectivity index (χ0v) is 16.1. The highest BCUT2D eigenvalue weighted by Gasteiger charge is 2.81. The first kappa shape index (κ1) is 27.9. The molecule has 0 bridgehead atoms. The molecule has 2 atom stereocenters. The van der Waals surface area contributed by atoms with Crippen molar-refractivity contribution >= 4 is 21.9 Å². The van der Waals surface area contributed by atoms with Crippen LogP contribution in [0, 0.1) is 0 Å². The summed E-state index contributed by atoms with van der Waals surface area (Å²) in [6, 6.07) is 0. The van der Waals surface area contributed by atoms with Crippen LogP contribution in [0.25, 0.3) is 0 Å². The van der Waals surface area contributed by atoms with Gasteiger partial charge in [0.05, 0.1) is 0 Å².